The maximum atomic E-state index is 13.2. The number of carbonyl (C=O) groups excluding carboxylic acids is 2. The van der Waals surface area contributed by atoms with E-state index in [0.717, 1.165) is 25.7 Å². The average molecular weight is 358 g/mol. The second-order valence-corrected chi connectivity index (χ2v) is 8.27. The van der Waals surface area contributed by atoms with Crippen molar-refractivity contribution in [3.05, 3.63) is 28.2 Å². The molecule has 3 aliphatic rings. The molecule has 0 unspecified atom stereocenters. The van der Waals surface area contributed by atoms with Gasteiger partial charge in [0.05, 0.1) is 11.7 Å². The van der Waals surface area contributed by atoms with Crippen LogP contribution in [0.1, 0.15) is 45.2 Å². The van der Waals surface area contributed by atoms with Crippen LogP contribution < -0.4 is 5.56 Å². The molecule has 1 aliphatic carbocycles. The van der Waals surface area contributed by atoms with Gasteiger partial charge < -0.3 is 9.80 Å². The lowest BCUT2D eigenvalue weighted by molar-refractivity contribution is -0.138. The number of nitrogens with zero attached hydrogens (tertiary/aromatic N) is 4. The molecule has 1 aromatic heterocycles. The molecular weight excluding hydrogens is 332 g/mol. The Bertz CT molecular complexity index is 819. The number of carbonyl (C=O) groups is 2. The average Bonchev–Trinajstić information content (AvgIpc) is 2.87. The molecule has 2 bridgehead atoms. The van der Waals surface area contributed by atoms with Crippen molar-refractivity contribution in [2.75, 3.05) is 6.54 Å². The van der Waals surface area contributed by atoms with Crippen molar-refractivity contribution in [2.24, 2.45) is 5.41 Å². The molecule has 4 atom stereocenters. The van der Waals surface area contributed by atoms with Gasteiger partial charge in [-0.2, -0.15) is 5.10 Å². The molecule has 1 aromatic rings. The first-order valence-electron chi connectivity index (χ1n) is 9.44. The van der Waals surface area contributed by atoms with E-state index in [1.54, 1.807) is 19.9 Å². The van der Waals surface area contributed by atoms with Crippen LogP contribution in [-0.4, -0.2) is 56.1 Å². The fourth-order valence-corrected chi connectivity index (χ4v) is 5.59. The quantitative estimate of drug-likeness (QED) is 0.789. The molecule has 2 saturated heterocycles. The molecular formula is C19H26N4O3. The monoisotopic (exact) mass is 358 g/mol. The van der Waals surface area contributed by atoms with Crippen LogP contribution in [0.2, 0.25) is 0 Å². The molecule has 140 valence electrons. The molecule has 7 nitrogen and oxygen atoms in total. The normalized spacial score (nSPS) is 32.7. The van der Waals surface area contributed by atoms with Gasteiger partial charge >= 0.3 is 0 Å². The number of amides is 2. The first-order valence-corrected chi connectivity index (χ1v) is 9.44. The second-order valence-electron chi connectivity index (χ2n) is 8.27. The molecule has 7 heteroatoms. The number of hydrogen-bond acceptors (Lipinski definition) is 4. The van der Waals surface area contributed by atoms with Gasteiger partial charge in [-0.15, -0.1) is 0 Å². The summed E-state index contributed by atoms with van der Waals surface area (Å²) in [6.07, 6.45) is 3.94. The highest BCUT2D eigenvalue weighted by Gasteiger charge is 2.61. The van der Waals surface area contributed by atoms with Crippen molar-refractivity contribution in [2.45, 2.75) is 71.1 Å². The van der Waals surface area contributed by atoms with Gasteiger partial charge in [0.15, 0.2) is 0 Å². The van der Waals surface area contributed by atoms with E-state index < -0.39 is 0 Å². The lowest BCUT2D eigenvalue weighted by atomic mass is 9.66. The molecule has 4 rings (SSSR count). The van der Waals surface area contributed by atoms with Crippen molar-refractivity contribution in [3.63, 3.8) is 0 Å². The highest BCUT2D eigenvalue weighted by molar-refractivity contribution is 5.78. The smallest absolute Gasteiger partial charge is 0.267 e. The number of rotatable bonds is 2. The van der Waals surface area contributed by atoms with Crippen molar-refractivity contribution in [1.82, 2.24) is 19.6 Å². The summed E-state index contributed by atoms with van der Waals surface area (Å²) in [5.74, 6) is 0.0346. The first kappa shape index (κ1) is 17.2. The Kier molecular flexibility index (Phi) is 3.93. The van der Waals surface area contributed by atoms with E-state index in [2.05, 4.69) is 12.0 Å². The Morgan fingerprint density at radius 2 is 2.00 bits per heavy atom. The predicted octanol–water partition coefficient (Wildman–Crippen LogP) is 0.942. The second kappa shape index (κ2) is 5.93. The molecule has 2 aliphatic heterocycles. The van der Waals surface area contributed by atoms with E-state index in [0.29, 0.717) is 12.2 Å². The van der Waals surface area contributed by atoms with Gasteiger partial charge in [-0.3, -0.25) is 14.4 Å². The zero-order valence-corrected chi connectivity index (χ0v) is 15.6. The fraction of sp³-hybridized carbons (Fsp3) is 0.684. The lowest BCUT2D eigenvalue weighted by Crippen LogP contribution is -2.57. The maximum absolute atomic E-state index is 13.2. The summed E-state index contributed by atoms with van der Waals surface area (Å²) in [5.41, 5.74) is 0.405. The van der Waals surface area contributed by atoms with Crippen LogP contribution in [-0.2, 0) is 16.1 Å². The van der Waals surface area contributed by atoms with Crippen LogP contribution in [0.3, 0.4) is 0 Å². The molecule has 0 aromatic carbocycles. The SMILES string of the molecule is CC(=O)N1C[C@@H]2C[C@@]3(C)[C@H](CCC[C@@H]13)N2C(=O)Cn1nc(C)ccc1=O. The maximum Gasteiger partial charge on any atom is 0.267 e. The summed E-state index contributed by atoms with van der Waals surface area (Å²) in [4.78, 5) is 41.3. The highest BCUT2D eigenvalue weighted by atomic mass is 16.2. The number of aromatic nitrogens is 2. The van der Waals surface area contributed by atoms with Crippen molar-refractivity contribution in [3.8, 4) is 0 Å². The Morgan fingerprint density at radius 1 is 1.27 bits per heavy atom. The fourth-order valence-electron chi connectivity index (χ4n) is 5.59. The van der Waals surface area contributed by atoms with E-state index in [-0.39, 0.29) is 47.5 Å². The third-order valence-electron chi connectivity index (χ3n) is 6.64. The van der Waals surface area contributed by atoms with Gasteiger partial charge in [0.1, 0.15) is 6.54 Å². The van der Waals surface area contributed by atoms with Gasteiger partial charge in [-0.1, -0.05) is 6.92 Å². The topological polar surface area (TPSA) is 75.5 Å². The molecule has 0 spiro atoms. The Hall–Kier alpha value is -2.18. The van der Waals surface area contributed by atoms with Gasteiger partial charge in [0.2, 0.25) is 11.8 Å². The van der Waals surface area contributed by atoms with Gasteiger partial charge in [-0.05, 0) is 38.7 Å². The summed E-state index contributed by atoms with van der Waals surface area (Å²) >= 11 is 0. The summed E-state index contributed by atoms with van der Waals surface area (Å²) < 4.78 is 1.26. The minimum Gasteiger partial charge on any atom is -0.337 e. The Labute approximate surface area is 153 Å². The van der Waals surface area contributed by atoms with Crippen LogP contribution in [0, 0.1) is 12.3 Å². The third-order valence-corrected chi connectivity index (χ3v) is 6.64. The Balaban J connectivity index is 1.65. The number of piperidine rings is 1. The van der Waals surface area contributed by atoms with Crippen LogP contribution in [0.4, 0.5) is 0 Å². The molecule has 3 fully saturated rings. The number of likely N-dealkylation sites (tertiary alicyclic amines) is 2. The van der Waals surface area contributed by atoms with E-state index in [1.807, 2.05) is 9.80 Å². The van der Waals surface area contributed by atoms with Crippen LogP contribution >= 0.6 is 0 Å². The molecule has 1 saturated carbocycles. The predicted molar refractivity (Wildman–Crippen MR) is 95.4 cm³/mol. The van der Waals surface area contributed by atoms with Gasteiger partial charge in [0, 0.05) is 37.0 Å². The Morgan fingerprint density at radius 3 is 2.73 bits per heavy atom. The minimum absolute atomic E-state index is 0.0334. The zero-order valence-electron chi connectivity index (χ0n) is 15.6. The zero-order chi connectivity index (χ0) is 18.6. The third kappa shape index (κ3) is 2.47. The van der Waals surface area contributed by atoms with Crippen molar-refractivity contribution >= 4 is 11.8 Å². The molecule has 0 N–H and O–H groups in total. The molecule has 26 heavy (non-hydrogen) atoms. The minimum atomic E-state index is -0.260. The van der Waals surface area contributed by atoms with Crippen LogP contribution in [0.15, 0.2) is 16.9 Å². The number of hydrogen-bond donors (Lipinski definition) is 0. The molecule has 0 radical (unpaired) electrons. The highest BCUT2D eigenvalue weighted by Crippen LogP contribution is 2.54. The lowest BCUT2D eigenvalue weighted by Gasteiger charge is -2.49. The first-order chi connectivity index (χ1) is 12.3. The van der Waals surface area contributed by atoms with Crippen LogP contribution in [0.25, 0.3) is 0 Å². The van der Waals surface area contributed by atoms with E-state index in [1.165, 1.54) is 10.7 Å². The molecule has 3 heterocycles. The van der Waals surface area contributed by atoms with Gasteiger partial charge in [-0.25, -0.2) is 4.68 Å². The largest absolute Gasteiger partial charge is 0.337 e. The summed E-state index contributed by atoms with van der Waals surface area (Å²) in [6, 6.07) is 3.50. The summed E-state index contributed by atoms with van der Waals surface area (Å²) in [7, 11) is 0. The molecule has 2 amide bonds. The van der Waals surface area contributed by atoms with Crippen molar-refractivity contribution in [1.29, 1.82) is 0 Å². The number of aryl methyl sites for hydroxylation is 1. The van der Waals surface area contributed by atoms with E-state index in [4.69, 9.17) is 0 Å². The number of fused-ring (bicyclic) bond motifs is 1. The van der Waals surface area contributed by atoms with Crippen molar-refractivity contribution < 1.29 is 9.59 Å². The van der Waals surface area contributed by atoms with E-state index >= 15 is 0 Å². The summed E-state index contributed by atoms with van der Waals surface area (Å²) in [5, 5.41) is 4.20. The standard InChI is InChI=1S/C19H26N4O3/c1-12-7-8-17(25)22(20-12)11-18(26)23-14-9-19(3)15(5-4-6-16(19)23)21(10-14)13(2)24/h7-8,14-16H,4-6,9-11H2,1-3H3/t14-,15+,16-,19+/m0/s1. The van der Waals surface area contributed by atoms with Crippen LogP contribution in [0.5, 0.6) is 0 Å². The van der Waals surface area contributed by atoms with Gasteiger partial charge in [0.25, 0.3) is 5.56 Å². The van der Waals surface area contributed by atoms with E-state index in [9.17, 15) is 14.4 Å². The summed E-state index contributed by atoms with van der Waals surface area (Å²) in [6.45, 7) is 6.23.